The number of amides is 2. The summed E-state index contributed by atoms with van der Waals surface area (Å²) < 4.78 is 0. The average Bonchev–Trinajstić information content (AvgIpc) is 3.17. The zero-order chi connectivity index (χ0) is 35.5. The molecular formula is C42H78N6O2. The zero-order valence-electron chi connectivity index (χ0n) is 32.9. The number of hydrogen-bond acceptors (Lipinski definition) is 6. The van der Waals surface area contributed by atoms with Gasteiger partial charge in [0.15, 0.2) is 0 Å². The zero-order valence-corrected chi connectivity index (χ0v) is 32.9. The Morgan fingerprint density at radius 3 is 1.06 bits per heavy atom. The summed E-state index contributed by atoms with van der Waals surface area (Å²) in [6.07, 6.45) is 31.1. The van der Waals surface area contributed by atoms with Crippen LogP contribution in [0.4, 0.5) is 0 Å². The highest BCUT2D eigenvalue weighted by Gasteiger charge is 2.21. The number of rotatable bonds is 20. The first-order chi connectivity index (χ1) is 24.6. The summed E-state index contributed by atoms with van der Waals surface area (Å²) in [5, 5.41) is 0. The standard InChI is InChI=1S/2C21H39N3O/c2*1-2-3-4-5-6-7-9-12-21(25)24-19-17-23(18-20-24)16-15-22-13-10-8-11-14-22/h2*9,12H,2-8,10-11,13-20H2,1H3/b2*12-9+. The lowest BCUT2D eigenvalue weighted by Gasteiger charge is -2.36. The number of unbranched alkanes of at least 4 members (excludes halogenated alkanes) is 10. The predicted molar refractivity (Wildman–Crippen MR) is 212 cm³/mol. The summed E-state index contributed by atoms with van der Waals surface area (Å²) in [4.78, 5) is 38.8. The molecule has 8 heteroatoms. The number of likely N-dealkylation sites (tertiary alicyclic amines) is 2. The van der Waals surface area contributed by atoms with E-state index < -0.39 is 0 Å². The van der Waals surface area contributed by atoms with Gasteiger partial charge in [0.2, 0.25) is 11.8 Å². The summed E-state index contributed by atoms with van der Waals surface area (Å²) in [6, 6.07) is 0. The highest BCUT2D eigenvalue weighted by atomic mass is 16.2. The fourth-order valence-electron chi connectivity index (χ4n) is 7.63. The van der Waals surface area contributed by atoms with Gasteiger partial charge in [0.1, 0.15) is 0 Å². The van der Waals surface area contributed by atoms with E-state index in [2.05, 4.69) is 45.6 Å². The van der Waals surface area contributed by atoms with E-state index in [9.17, 15) is 9.59 Å². The van der Waals surface area contributed by atoms with Crippen molar-refractivity contribution < 1.29 is 9.59 Å². The van der Waals surface area contributed by atoms with E-state index in [0.717, 1.165) is 78.3 Å². The van der Waals surface area contributed by atoms with E-state index in [0.29, 0.717) is 0 Å². The molecular weight excluding hydrogens is 621 g/mol. The Morgan fingerprint density at radius 2 is 0.720 bits per heavy atom. The molecule has 50 heavy (non-hydrogen) atoms. The van der Waals surface area contributed by atoms with Crippen LogP contribution in [0.25, 0.3) is 0 Å². The molecule has 4 saturated heterocycles. The van der Waals surface area contributed by atoms with Crippen LogP contribution in [0.1, 0.15) is 129 Å². The van der Waals surface area contributed by atoms with Crippen molar-refractivity contribution in [1.29, 1.82) is 0 Å². The quantitative estimate of drug-likeness (QED) is 0.100. The second-order valence-corrected chi connectivity index (χ2v) is 15.3. The van der Waals surface area contributed by atoms with Gasteiger partial charge in [-0.25, -0.2) is 0 Å². The third kappa shape index (κ3) is 19.2. The minimum atomic E-state index is 0.212. The Kier molecular flexibility index (Phi) is 23.8. The van der Waals surface area contributed by atoms with E-state index >= 15 is 0 Å². The van der Waals surface area contributed by atoms with Gasteiger partial charge < -0.3 is 19.6 Å². The van der Waals surface area contributed by atoms with Gasteiger partial charge in [-0.1, -0.05) is 90.2 Å². The van der Waals surface area contributed by atoms with Crippen LogP contribution in [-0.2, 0) is 9.59 Å². The van der Waals surface area contributed by atoms with Crippen molar-refractivity contribution in [1.82, 2.24) is 29.4 Å². The van der Waals surface area contributed by atoms with Gasteiger partial charge in [0, 0.05) is 78.5 Å². The Morgan fingerprint density at radius 1 is 0.400 bits per heavy atom. The van der Waals surface area contributed by atoms with Crippen LogP contribution < -0.4 is 0 Å². The maximum atomic E-state index is 12.3. The van der Waals surface area contributed by atoms with Crippen LogP contribution in [0.15, 0.2) is 24.3 Å². The first-order valence-corrected chi connectivity index (χ1v) is 21.4. The molecule has 0 aliphatic carbocycles. The molecule has 4 heterocycles. The highest BCUT2D eigenvalue weighted by molar-refractivity contribution is 5.88. The topological polar surface area (TPSA) is 53.6 Å². The molecule has 2 amide bonds. The lowest BCUT2D eigenvalue weighted by atomic mass is 10.1. The fraction of sp³-hybridized carbons (Fsp3) is 0.857. The molecule has 4 rings (SSSR count). The van der Waals surface area contributed by atoms with Crippen LogP contribution in [0, 0.1) is 0 Å². The lowest BCUT2D eigenvalue weighted by Crippen LogP contribution is -2.50. The third-order valence-electron chi connectivity index (χ3n) is 11.2. The maximum absolute atomic E-state index is 12.3. The molecule has 0 saturated carbocycles. The van der Waals surface area contributed by atoms with E-state index in [1.165, 1.54) is 142 Å². The van der Waals surface area contributed by atoms with Crippen molar-refractivity contribution >= 4 is 11.8 Å². The SMILES string of the molecule is CCCCCCC/C=C/C(=O)N1CCN(CCN2CCCCC2)CC1.CCCCCCC/C=C/C(=O)N1CCN(CCN2CCCCC2)CC1. The molecule has 0 aromatic rings. The van der Waals surface area contributed by atoms with Crippen molar-refractivity contribution in [3.63, 3.8) is 0 Å². The molecule has 288 valence electrons. The minimum Gasteiger partial charge on any atom is -0.337 e. The average molecular weight is 699 g/mol. The molecule has 0 aromatic carbocycles. The summed E-state index contributed by atoms with van der Waals surface area (Å²) >= 11 is 0. The molecule has 0 radical (unpaired) electrons. The number of carbonyl (C=O) groups is 2. The van der Waals surface area contributed by atoms with Crippen molar-refractivity contribution in [2.45, 2.75) is 129 Å². The number of carbonyl (C=O) groups excluding carboxylic acids is 2. The van der Waals surface area contributed by atoms with Gasteiger partial charge in [0.05, 0.1) is 0 Å². The lowest BCUT2D eigenvalue weighted by molar-refractivity contribution is -0.128. The Balaban J connectivity index is 0.000000270. The molecule has 0 aromatic heterocycles. The van der Waals surface area contributed by atoms with Crippen molar-refractivity contribution in [2.24, 2.45) is 0 Å². The second-order valence-electron chi connectivity index (χ2n) is 15.3. The largest absolute Gasteiger partial charge is 0.337 e. The summed E-state index contributed by atoms with van der Waals surface area (Å²) in [7, 11) is 0. The number of piperidine rings is 2. The minimum absolute atomic E-state index is 0.212. The van der Waals surface area contributed by atoms with E-state index in [-0.39, 0.29) is 11.8 Å². The normalized spacial score (nSPS) is 20.4. The van der Waals surface area contributed by atoms with Crippen LogP contribution in [-0.4, -0.2) is 146 Å². The molecule has 4 aliphatic heterocycles. The van der Waals surface area contributed by atoms with Gasteiger partial charge in [-0.3, -0.25) is 19.4 Å². The van der Waals surface area contributed by atoms with Gasteiger partial charge in [-0.2, -0.15) is 0 Å². The molecule has 0 spiro atoms. The maximum Gasteiger partial charge on any atom is 0.246 e. The highest BCUT2D eigenvalue weighted by Crippen LogP contribution is 2.12. The molecule has 0 atom stereocenters. The van der Waals surface area contributed by atoms with E-state index in [1.54, 1.807) is 0 Å². The van der Waals surface area contributed by atoms with Crippen LogP contribution in [0.3, 0.4) is 0 Å². The monoisotopic (exact) mass is 699 g/mol. The molecule has 0 bridgehead atoms. The van der Waals surface area contributed by atoms with Crippen LogP contribution >= 0.6 is 0 Å². The first kappa shape index (κ1) is 42.7. The summed E-state index contributed by atoms with van der Waals surface area (Å²) in [5.41, 5.74) is 0. The first-order valence-electron chi connectivity index (χ1n) is 21.4. The van der Waals surface area contributed by atoms with Crippen molar-refractivity contribution in [2.75, 3.05) is 105 Å². The Labute approximate surface area is 308 Å². The van der Waals surface area contributed by atoms with E-state index in [4.69, 9.17) is 0 Å². The van der Waals surface area contributed by atoms with Gasteiger partial charge >= 0.3 is 0 Å². The third-order valence-corrected chi connectivity index (χ3v) is 11.2. The smallest absolute Gasteiger partial charge is 0.246 e. The molecule has 8 nitrogen and oxygen atoms in total. The van der Waals surface area contributed by atoms with Crippen LogP contribution in [0.5, 0.6) is 0 Å². The van der Waals surface area contributed by atoms with Crippen molar-refractivity contribution in [3.05, 3.63) is 24.3 Å². The van der Waals surface area contributed by atoms with Crippen LogP contribution in [0.2, 0.25) is 0 Å². The van der Waals surface area contributed by atoms with Gasteiger partial charge in [0.25, 0.3) is 0 Å². The molecule has 0 N–H and O–H groups in total. The van der Waals surface area contributed by atoms with Crippen molar-refractivity contribution in [3.8, 4) is 0 Å². The number of hydrogen-bond donors (Lipinski definition) is 0. The predicted octanol–water partition coefficient (Wildman–Crippen LogP) is 7.07. The Bertz CT molecular complexity index is 839. The second kappa shape index (κ2) is 27.9. The number of allylic oxidation sites excluding steroid dienone is 2. The molecule has 4 aliphatic rings. The number of piperazine rings is 2. The Hall–Kier alpha value is -1.74. The molecule has 4 fully saturated rings. The van der Waals surface area contributed by atoms with Gasteiger partial charge in [-0.15, -0.1) is 0 Å². The fourth-order valence-corrected chi connectivity index (χ4v) is 7.63. The van der Waals surface area contributed by atoms with E-state index in [1.807, 2.05) is 22.0 Å². The number of nitrogens with zero attached hydrogens (tertiary/aromatic N) is 6. The van der Waals surface area contributed by atoms with Gasteiger partial charge in [-0.05, 0) is 89.7 Å². The summed E-state index contributed by atoms with van der Waals surface area (Å²) in [6.45, 7) is 22.0. The molecule has 0 unspecified atom stereocenters. The summed E-state index contributed by atoms with van der Waals surface area (Å²) in [5.74, 6) is 0.425.